The molecule has 0 radical (unpaired) electrons. The minimum absolute atomic E-state index is 0.269. The van der Waals surface area contributed by atoms with Crippen LogP contribution in [0.25, 0.3) is 16.6 Å². The summed E-state index contributed by atoms with van der Waals surface area (Å²) in [6.07, 6.45) is 1.86. The van der Waals surface area contributed by atoms with Crippen molar-refractivity contribution in [1.82, 2.24) is 19.9 Å². The topological polar surface area (TPSA) is 72.4 Å². The van der Waals surface area contributed by atoms with Crippen LogP contribution in [0.3, 0.4) is 0 Å². The number of furan rings is 1. The third kappa shape index (κ3) is 2.59. The van der Waals surface area contributed by atoms with E-state index in [4.69, 9.17) is 4.42 Å². The van der Waals surface area contributed by atoms with Crippen LogP contribution in [0.15, 0.2) is 57.6 Å². The fraction of sp³-hybridized carbons (Fsp3) is 0.0625. The molecule has 0 saturated carbocycles. The van der Waals surface area contributed by atoms with Crippen LogP contribution >= 0.6 is 15.9 Å². The molecule has 6 nitrogen and oxygen atoms in total. The number of aromatic nitrogens is 3. The van der Waals surface area contributed by atoms with Crippen LogP contribution in [-0.4, -0.2) is 20.5 Å². The number of fused-ring (bicyclic) bond motifs is 2. The number of halogens is 1. The van der Waals surface area contributed by atoms with Crippen molar-refractivity contribution in [3.8, 4) is 0 Å². The monoisotopic (exact) mass is 370 g/mol. The quantitative estimate of drug-likeness (QED) is 0.601. The Kier molecular flexibility index (Phi) is 3.34. The third-order valence-corrected chi connectivity index (χ3v) is 3.99. The van der Waals surface area contributed by atoms with E-state index in [1.54, 1.807) is 6.07 Å². The maximum atomic E-state index is 12.3. The molecule has 0 aliphatic rings. The smallest absolute Gasteiger partial charge is 0.287 e. The van der Waals surface area contributed by atoms with Gasteiger partial charge in [-0.1, -0.05) is 22.0 Å². The average Bonchev–Trinajstić information content (AvgIpc) is 3.16. The lowest BCUT2D eigenvalue weighted by molar-refractivity contribution is 0.0924. The lowest BCUT2D eigenvalue weighted by Crippen LogP contribution is -2.23. The molecule has 3 aromatic heterocycles. The summed E-state index contributed by atoms with van der Waals surface area (Å²) in [6, 6.07) is 12.9. The number of pyridine rings is 1. The lowest BCUT2D eigenvalue weighted by atomic mass is 10.2. The molecule has 4 rings (SSSR count). The second-order valence-electron chi connectivity index (χ2n) is 5.02. The third-order valence-electron chi connectivity index (χ3n) is 3.49. The molecule has 0 saturated heterocycles. The molecule has 0 unspecified atom stereocenters. The average molecular weight is 371 g/mol. The highest BCUT2D eigenvalue weighted by Crippen LogP contribution is 2.23. The molecule has 0 atom stereocenters. The molecule has 4 aromatic rings. The van der Waals surface area contributed by atoms with Gasteiger partial charge in [-0.3, -0.25) is 9.20 Å². The molecule has 23 heavy (non-hydrogen) atoms. The van der Waals surface area contributed by atoms with Crippen LogP contribution < -0.4 is 5.32 Å². The van der Waals surface area contributed by atoms with Crippen LogP contribution in [-0.2, 0) is 6.54 Å². The molecule has 1 aromatic carbocycles. The zero-order valence-electron chi connectivity index (χ0n) is 11.9. The van der Waals surface area contributed by atoms with Gasteiger partial charge in [-0.15, -0.1) is 10.2 Å². The Balaban J connectivity index is 1.55. The van der Waals surface area contributed by atoms with Crippen molar-refractivity contribution in [2.75, 3.05) is 0 Å². The Morgan fingerprint density at radius 1 is 1.22 bits per heavy atom. The van der Waals surface area contributed by atoms with Gasteiger partial charge in [0.1, 0.15) is 5.58 Å². The van der Waals surface area contributed by atoms with Gasteiger partial charge in [0.15, 0.2) is 17.2 Å². The van der Waals surface area contributed by atoms with E-state index in [1.807, 2.05) is 47.0 Å². The molecule has 1 amide bonds. The molecular formula is C16H11BrN4O2. The summed E-state index contributed by atoms with van der Waals surface area (Å²) in [5.74, 6) is 0.643. The van der Waals surface area contributed by atoms with Crippen molar-refractivity contribution >= 4 is 38.5 Å². The number of amides is 1. The predicted octanol–water partition coefficient (Wildman–Crippen LogP) is 3.17. The summed E-state index contributed by atoms with van der Waals surface area (Å²) in [6.45, 7) is 0.269. The van der Waals surface area contributed by atoms with Crippen LogP contribution in [0.5, 0.6) is 0 Å². The number of hydrogen-bond donors (Lipinski definition) is 1. The standard InChI is InChI=1S/C16H11BrN4O2/c17-11-4-5-12-10(7-11)8-13(23-12)16(22)18-9-15-20-19-14-3-1-2-6-21(14)15/h1-8H,9H2,(H,18,22). The van der Waals surface area contributed by atoms with Crippen LogP contribution in [0.4, 0.5) is 0 Å². The summed E-state index contributed by atoms with van der Waals surface area (Å²) in [7, 11) is 0. The van der Waals surface area contributed by atoms with Crippen molar-refractivity contribution in [2.45, 2.75) is 6.54 Å². The predicted molar refractivity (Wildman–Crippen MR) is 88.1 cm³/mol. The first-order chi connectivity index (χ1) is 11.2. The first kappa shape index (κ1) is 14.0. The molecule has 114 valence electrons. The van der Waals surface area contributed by atoms with Gasteiger partial charge in [-0.05, 0) is 36.4 Å². The maximum absolute atomic E-state index is 12.3. The highest BCUT2D eigenvalue weighted by molar-refractivity contribution is 9.10. The SMILES string of the molecule is O=C(NCc1nnc2ccccn12)c1cc2cc(Br)ccc2o1. The fourth-order valence-corrected chi connectivity index (χ4v) is 2.76. The van der Waals surface area contributed by atoms with Crippen molar-refractivity contribution in [3.63, 3.8) is 0 Å². The summed E-state index contributed by atoms with van der Waals surface area (Å²) in [5, 5.41) is 11.8. The Morgan fingerprint density at radius 2 is 2.13 bits per heavy atom. The molecule has 0 aliphatic carbocycles. The van der Waals surface area contributed by atoms with E-state index >= 15 is 0 Å². The van der Waals surface area contributed by atoms with E-state index in [0.717, 1.165) is 15.5 Å². The van der Waals surface area contributed by atoms with Gasteiger partial charge in [0, 0.05) is 16.1 Å². The number of nitrogens with one attached hydrogen (secondary N) is 1. The van der Waals surface area contributed by atoms with E-state index in [1.165, 1.54) is 0 Å². The zero-order chi connectivity index (χ0) is 15.8. The van der Waals surface area contributed by atoms with Gasteiger partial charge < -0.3 is 9.73 Å². The van der Waals surface area contributed by atoms with Gasteiger partial charge in [-0.25, -0.2) is 0 Å². The first-order valence-corrected chi connectivity index (χ1v) is 7.76. The number of carbonyl (C=O) groups is 1. The van der Waals surface area contributed by atoms with Crippen molar-refractivity contribution in [1.29, 1.82) is 0 Å². The van der Waals surface area contributed by atoms with Crippen molar-refractivity contribution < 1.29 is 9.21 Å². The summed E-state index contributed by atoms with van der Waals surface area (Å²) >= 11 is 3.40. The minimum Gasteiger partial charge on any atom is -0.451 e. The Morgan fingerprint density at radius 3 is 3.04 bits per heavy atom. The molecule has 3 heterocycles. The van der Waals surface area contributed by atoms with Gasteiger partial charge >= 0.3 is 0 Å². The largest absolute Gasteiger partial charge is 0.451 e. The van der Waals surface area contributed by atoms with E-state index in [9.17, 15) is 4.79 Å². The number of carbonyl (C=O) groups excluding carboxylic acids is 1. The van der Waals surface area contributed by atoms with Crippen LogP contribution in [0, 0.1) is 0 Å². The van der Waals surface area contributed by atoms with E-state index < -0.39 is 0 Å². The number of nitrogens with zero attached hydrogens (tertiary/aromatic N) is 3. The van der Waals surface area contributed by atoms with Gasteiger partial charge in [0.2, 0.25) is 0 Å². The zero-order valence-corrected chi connectivity index (χ0v) is 13.4. The molecule has 0 spiro atoms. The van der Waals surface area contributed by atoms with E-state index in [0.29, 0.717) is 11.4 Å². The van der Waals surface area contributed by atoms with Crippen molar-refractivity contribution in [3.05, 3.63) is 64.7 Å². The molecular weight excluding hydrogens is 360 g/mol. The molecule has 0 aliphatic heterocycles. The second kappa shape index (κ2) is 5.51. The Hall–Kier alpha value is -2.67. The normalized spacial score (nSPS) is 11.2. The summed E-state index contributed by atoms with van der Waals surface area (Å²) < 4.78 is 8.33. The minimum atomic E-state index is -0.287. The second-order valence-corrected chi connectivity index (χ2v) is 5.94. The van der Waals surface area contributed by atoms with E-state index in [2.05, 4.69) is 31.4 Å². The summed E-state index contributed by atoms with van der Waals surface area (Å²) in [4.78, 5) is 12.3. The van der Waals surface area contributed by atoms with Gasteiger partial charge in [-0.2, -0.15) is 0 Å². The first-order valence-electron chi connectivity index (χ1n) is 6.97. The lowest BCUT2D eigenvalue weighted by Gasteiger charge is -2.01. The highest BCUT2D eigenvalue weighted by Gasteiger charge is 2.13. The molecule has 0 bridgehead atoms. The molecule has 0 fully saturated rings. The molecule has 1 N–H and O–H groups in total. The van der Waals surface area contributed by atoms with Crippen LogP contribution in [0.2, 0.25) is 0 Å². The van der Waals surface area contributed by atoms with Gasteiger partial charge in [0.25, 0.3) is 5.91 Å². The van der Waals surface area contributed by atoms with Crippen LogP contribution in [0.1, 0.15) is 16.4 Å². The fourth-order valence-electron chi connectivity index (χ4n) is 2.38. The Bertz CT molecular complexity index is 1020. The van der Waals surface area contributed by atoms with Gasteiger partial charge in [0.05, 0.1) is 6.54 Å². The van der Waals surface area contributed by atoms with Crippen molar-refractivity contribution in [2.24, 2.45) is 0 Å². The Labute approximate surface area is 139 Å². The summed E-state index contributed by atoms with van der Waals surface area (Å²) in [5.41, 5.74) is 1.41. The number of hydrogen-bond acceptors (Lipinski definition) is 4. The highest BCUT2D eigenvalue weighted by atomic mass is 79.9. The van der Waals surface area contributed by atoms with E-state index in [-0.39, 0.29) is 18.2 Å². The number of benzene rings is 1. The number of rotatable bonds is 3. The maximum Gasteiger partial charge on any atom is 0.287 e. The molecule has 7 heteroatoms.